The van der Waals surface area contributed by atoms with Crippen LogP contribution in [0.15, 0.2) is 10.4 Å². The van der Waals surface area contributed by atoms with Gasteiger partial charge < -0.3 is 30.7 Å². The molecule has 0 heterocycles. The molecule has 0 aromatic heterocycles. The maximum absolute atomic E-state index is 12.3. The van der Waals surface area contributed by atoms with Gasteiger partial charge in [0.25, 0.3) is 0 Å². The standard InChI is InChI=1S/C28H56N6O6/c1-8-39-20-21-40-19-18-30-26(36)11-9-10-25(35)29-15-12-24(13-16-31-27(4,5)22(2)33-37)14-17-32-28(6,7)23(3)34-38/h22-24,31-32H,8-21H2,1-7H3,(H,29,35)(H,30,36). The predicted octanol–water partition coefficient (Wildman–Crippen LogP) is 3.27. The average Bonchev–Trinajstić information content (AvgIpc) is 2.91. The van der Waals surface area contributed by atoms with Crippen molar-refractivity contribution in [1.82, 2.24) is 21.3 Å². The molecule has 2 amide bonds. The molecule has 0 spiro atoms. The molecule has 12 nitrogen and oxygen atoms in total. The summed E-state index contributed by atoms with van der Waals surface area (Å²) in [5, 5.41) is 18.9. The van der Waals surface area contributed by atoms with E-state index in [2.05, 4.69) is 31.6 Å². The normalized spacial score (nSPS) is 14.3. The molecule has 0 aliphatic carbocycles. The van der Waals surface area contributed by atoms with Gasteiger partial charge in [-0.25, -0.2) is 0 Å². The quantitative estimate of drug-likeness (QED) is 0.0908. The monoisotopic (exact) mass is 572 g/mol. The van der Waals surface area contributed by atoms with Gasteiger partial charge in [-0.05, 0) is 93.2 Å². The second kappa shape index (κ2) is 21.7. The third kappa shape index (κ3) is 18.4. The van der Waals surface area contributed by atoms with Crippen LogP contribution in [0.2, 0.25) is 0 Å². The molecule has 0 saturated heterocycles. The second-order valence-electron chi connectivity index (χ2n) is 11.5. The number of carbonyl (C=O) groups excluding carboxylic acids is 2. The van der Waals surface area contributed by atoms with E-state index in [1.54, 1.807) is 13.8 Å². The van der Waals surface area contributed by atoms with Gasteiger partial charge in [-0.2, -0.15) is 9.81 Å². The first-order chi connectivity index (χ1) is 18.9. The van der Waals surface area contributed by atoms with Crippen LogP contribution in [0.3, 0.4) is 0 Å². The van der Waals surface area contributed by atoms with E-state index >= 15 is 0 Å². The van der Waals surface area contributed by atoms with E-state index in [4.69, 9.17) is 9.47 Å². The highest BCUT2D eigenvalue weighted by Crippen LogP contribution is 2.17. The highest BCUT2D eigenvalue weighted by molar-refractivity contribution is 5.78. The summed E-state index contributed by atoms with van der Waals surface area (Å²) in [4.78, 5) is 46.2. The molecular weight excluding hydrogens is 516 g/mol. The Labute approximate surface area is 241 Å². The number of rotatable bonds is 26. The van der Waals surface area contributed by atoms with Gasteiger partial charge in [-0.3, -0.25) is 9.59 Å². The number of carbonyl (C=O) groups is 2. The van der Waals surface area contributed by atoms with Crippen molar-refractivity contribution in [2.24, 2.45) is 16.3 Å². The van der Waals surface area contributed by atoms with Crippen LogP contribution in [0, 0.1) is 15.7 Å². The number of ether oxygens (including phenoxy) is 2. The highest BCUT2D eigenvalue weighted by Gasteiger charge is 2.27. The van der Waals surface area contributed by atoms with Gasteiger partial charge in [0.1, 0.15) is 12.1 Å². The van der Waals surface area contributed by atoms with Crippen molar-refractivity contribution in [2.75, 3.05) is 52.6 Å². The molecule has 2 unspecified atom stereocenters. The van der Waals surface area contributed by atoms with Gasteiger partial charge in [0, 0.05) is 43.6 Å². The molecule has 0 aromatic rings. The van der Waals surface area contributed by atoms with Crippen LogP contribution in [0.5, 0.6) is 0 Å². The van der Waals surface area contributed by atoms with Gasteiger partial charge in [0.2, 0.25) is 11.8 Å². The van der Waals surface area contributed by atoms with Gasteiger partial charge in [-0.1, -0.05) is 10.4 Å². The average molecular weight is 573 g/mol. The maximum Gasteiger partial charge on any atom is 0.220 e. The summed E-state index contributed by atoms with van der Waals surface area (Å²) in [5.74, 6) is 0.152. The highest BCUT2D eigenvalue weighted by atomic mass is 16.5. The van der Waals surface area contributed by atoms with Crippen LogP contribution >= 0.6 is 0 Å². The second-order valence-corrected chi connectivity index (χ2v) is 11.5. The van der Waals surface area contributed by atoms with Crippen molar-refractivity contribution < 1.29 is 19.1 Å². The molecule has 0 radical (unpaired) electrons. The van der Waals surface area contributed by atoms with E-state index in [0.717, 1.165) is 19.3 Å². The Hall–Kier alpha value is -2.02. The zero-order valence-corrected chi connectivity index (χ0v) is 26.0. The molecule has 0 bridgehead atoms. The van der Waals surface area contributed by atoms with Crippen LogP contribution in [-0.4, -0.2) is 87.6 Å². The van der Waals surface area contributed by atoms with E-state index in [1.165, 1.54) is 0 Å². The summed E-state index contributed by atoms with van der Waals surface area (Å²) >= 11 is 0. The lowest BCUT2D eigenvalue weighted by Crippen LogP contribution is -2.48. The van der Waals surface area contributed by atoms with Gasteiger partial charge in [0.15, 0.2) is 0 Å². The third-order valence-electron chi connectivity index (χ3n) is 7.50. The minimum atomic E-state index is -0.408. The van der Waals surface area contributed by atoms with Crippen molar-refractivity contribution in [3.05, 3.63) is 9.81 Å². The summed E-state index contributed by atoms with van der Waals surface area (Å²) in [6, 6.07) is -0.711. The van der Waals surface area contributed by atoms with Crippen LogP contribution in [0.1, 0.15) is 87.0 Å². The Morgan fingerprint density at radius 2 is 1.15 bits per heavy atom. The summed E-state index contributed by atoms with van der Waals surface area (Å²) in [6.07, 6.45) is 3.59. The Kier molecular flexibility index (Phi) is 20.6. The molecule has 0 aliphatic heterocycles. The fourth-order valence-corrected chi connectivity index (χ4v) is 3.82. The van der Waals surface area contributed by atoms with Crippen LogP contribution in [0.4, 0.5) is 0 Å². The molecule has 2 atom stereocenters. The first-order valence-electron chi connectivity index (χ1n) is 14.7. The lowest BCUT2D eigenvalue weighted by atomic mass is 9.92. The maximum atomic E-state index is 12.3. The first-order valence-corrected chi connectivity index (χ1v) is 14.7. The molecule has 40 heavy (non-hydrogen) atoms. The van der Waals surface area contributed by atoms with E-state index in [1.807, 2.05) is 34.6 Å². The van der Waals surface area contributed by atoms with E-state index in [-0.39, 0.29) is 23.9 Å². The smallest absolute Gasteiger partial charge is 0.220 e. The topological polar surface area (TPSA) is 160 Å². The van der Waals surface area contributed by atoms with Crippen molar-refractivity contribution in [2.45, 2.75) is 110 Å². The summed E-state index contributed by atoms with van der Waals surface area (Å²) in [5.41, 5.74) is -0.816. The lowest BCUT2D eigenvalue weighted by Gasteiger charge is -2.31. The molecule has 234 valence electrons. The summed E-state index contributed by atoms with van der Waals surface area (Å²) in [7, 11) is 0. The summed E-state index contributed by atoms with van der Waals surface area (Å²) in [6.45, 7) is 17.9. The zero-order valence-electron chi connectivity index (χ0n) is 26.0. The number of nitroso groups, excluding NO2 is 2. The van der Waals surface area contributed by atoms with Gasteiger partial charge in [0.05, 0.1) is 19.8 Å². The molecule has 0 aliphatic rings. The largest absolute Gasteiger partial charge is 0.379 e. The predicted molar refractivity (Wildman–Crippen MR) is 159 cm³/mol. The van der Waals surface area contributed by atoms with Crippen molar-refractivity contribution in [3.8, 4) is 0 Å². The molecular formula is C28H56N6O6. The minimum Gasteiger partial charge on any atom is -0.379 e. The van der Waals surface area contributed by atoms with Crippen LogP contribution in [0.25, 0.3) is 0 Å². The summed E-state index contributed by atoms with van der Waals surface area (Å²) < 4.78 is 10.5. The van der Waals surface area contributed by atoms with Crippen LogP contribution in [-0.2, 0) is 19.1 Å². The first kappa shape index (κ1) is 38.0. The zero-order chi connectivity index (χ0) is 30.4. The number of hydrogen-bond acceptors (Lipinski definition) is 10. The van der Waals surface area contributed by atoms with Crippen molar-refractivity contribution in [3.63, 3.8) is 0 Å². The third-order valence-corrected chi connectivity index (χ3v) is 7.50. The molecule has 0 fully saturated rings. The molecule has 0 aromatic carbocycles. The van der Waals surface area contributed by atoms with E-state index in [0.29, 0.717) is 77.8 Å². The minimum absolute atomic E-state index is 0.0684. The SMILES string of the molecule is CCOCCOCCNC(=O)CCCC(=O)NCCC(CCNC(C)(C)C(C)N=O)CCNC(C)(C)C(C)N=O. The molecule has 0 saturated carbocycles. The number of nitrogens with zero attached hydrogens (tertiary/aromatic N) is 2. The van der Waals surface area contributed by atoms with Crippen molar-refractivity contribution >= 4 is 11.8 Å². The van der Waals surface area contributed by atoms with Crippen LogP contribution < -0.4 is 21.3 Å². The van der Waals surface area contributed by atoms with Crippen molar-refractivity contribution in [1.29, 1.82) is 0 Å². The Balaban J connectivity index is 4.45. The number of amides is 2. The lowest BCUT2D eigenvalue weighted by molar-refractivity contribution is -0.122. The number of nitrogens with one attached hydrogen (secondary N) is 4. The van der Waals surface area contributed by atoms with E-state index < -0.39 is 11.1 Å². The Morgan fingerprint density at radius 3 is 1.62 bits per heavy atom. The van der Waals surface area contributed by atoms with Gasteiger partial charge >= 0.3 is 0 Å². The Bertz CT molecular complexity index is 689. The fraction of sp³-hybridized carbons (Fsp3) is 0.929. The Morgan fingerprint density at radius 1 is 0.700 bits per heavy atom. The molecule has 12 heteroatoms. The number of hydrogen-bond donors (Lipinski definition) is 4. The molecule has 4 N–H and O–H groups in total. The fourth-order valence-electron chi connectivity index (χ4n) is 3.82. The van der Waals surface area contributed by atoms with Gasteiger partial charge in [-0.15, -0.1) is 0 Å². The molecule has 0 rings (SSSR count). The van der Waals surface area contributed by atoms with E-state index in [9.17, 15) is 19.4 Å².